The Hall–Kier alpha value is -3.29. The zero-order valence-corrected chi connectivity index (χ0v) is 16.3. The molecular formula is C20H23N3O5. The number of carbonyl (C=O) groups excluding carboxylic acids is 2. The molecule has 0 aliphatic carbocycles. The lowest BCUT2D eigenvalue weighted by atomic mass is 10.2. The lowest BCUT2D eigenvalue weighted by Gasteiger charge is -2.19. The highest BCUT2D eigenvalue weighted by Crippen LogP contribution is 2.32. The van der Waals surface area contributed by atoms with Gasteiger partial charge >= 0.3 is 5.97 Å². The van der Waals surface area contributed by atoms with Crippen molar-refractivity contribution in [3.63, 3.8) is 0 Å². The van der Waals surface area contributed by atoms with Crippen LogP contribution in [-0.2, 0) is 21.4 Å². The molecule has 1 aromatic heterocycles. The van der Waals surface area contributed by atoms with E-state index in [-0.39, 0.29) is 0 Å². The van der Waals surface area contributed by atoms with Crippen LogP contribution in [0.3, 0.4) is 0 Å². The largest absolute Gasteiger partial charge is 0.486 e. The number of ether oxygens (including phenoxy) is 3. The summed E-state index contributed by atoms with van der Waals surface area (Å²) in [5.41, 5.74) is 3.14. The first-order chi connectivity index (χ1) is 13.3. The molecule has 0 spiro atoms. The van der Waals surface area contributed by atoms with Crippen LogP contribution in [0.5, 0.6) is 11.5 Å². The zero-order chi connectivity index (χ0) is 20.3. The molecule has 1 aromatic carbocycles. The third-order valence-corrected chi connectivity index (χ3v) is 4.42. The minimum Gasteiger partial charge on any atom is -0.486 e. The van der Waals surface area contributed by atoms with Gasteiger partial charge in [-0.3, -0.25) is 9.48 Å². The Morgan fingerprint density at radius 1 is 1.25 bits per heavy atom. The van der Waals surface area contributed by atoms with E-state index in [1.54, 1.807) is 29.0 Å². The van der Waals surface area contributed by atoms with Gasteiger partial charge in [0, 0.05) is 36.1 Å². The molecule has 0 saturated heterocycles. The summed E-state index contributed by atoms with van der Waals surface area (Å²) in [4.78, 5) is 24.4. The van der Waals surface area contributed by atoms with E-state index in [1.165, 1.54) is 13.0 Å². The molecule has 2 heterocycles. The van der Waals surface area contributed by atoms with Crippen LogP contribution in [-0.4, -0.2) is 41.0 Å². The van der Waals surface area contributed by atoms with Gasteiger partial charge in [-0.15, -0.1) is 0 Å². The second-order valence-electron chi connectivity index (χ2n) is 6.47. The standard InChI is InChI=1S/C20H23N3O5/c1-12-16(13(2)23(4)22-12)6-8-19(24)28-14(3)20(25)21-15-5-7-17-18(11-15)27-10-9-26-17/h5-8,11,14H,9-10H2,1-4H3,(H,21,25)/b8-6+/t14-/m1/s1. The Morgan fingerprint density at radius 3 is 2.64 bits per heavy atom. The van der Waals surface area contributed by atoms with E-state index in [1.807, 2.05) is 20.9 Å². The topological polar surface area (TPSA) is 91.7 Å². The van der Waals surface area contributed by atoms with Gasteiger partial charge in [0.25, 0.3) is 5.91 Å². The van der Waals surface area contributed by atoms with Gasteiger partial charge in [-0.2, -0.15) is 5.10 Å². The van der Waals surface area contributed by atoms with Crippen molar-refractivity contribution in [1.82, 2.24) is 9.78 Å². The van der Waals surface area contributed by atoms with Gasteiger partial charge in [-0.05, 0) is 39.0 Å². The second kappa shape index (κ2) is 8.16. The molecule has 28 heavy (non-hydrogen) atoms. The SMILES string of the molecule is Cc1nn(C)c(C)c1/C=C/C(=O)O[C@H](C)C(=O)Nc1ccc2c(c1)OCCO2. The van der Waals surface area contributed by atoms with Gasteiger partial charge in [0.05, 0.1) is 5.69 Å². The third kappa shape index (κ3) is 4.33. The summed E-state index contributed by atoms with van der Waals surface area (Å²) in [5, 5.41) is 6.99. The first-order valence-corrected chi connectivity index (χ1v) is 8.94. The van der Waals surface area contributed by atoms with E-state index in [0.717, 1.165) is 17.0 Å². The first kappa shape index (κ1) is 19.5. The highest BCUT2D eigenvalue weighted by Gasteiger charge is 2.19. The van der Waals surface area contributed by atoms with E-state index in [2.05, 4.69) is 10.4 Å². The number of aromatic nitrogens is 2. The molecular weight excluding hydrogens is 362 g/mol. The van der Waals surface area contributed by atoms with Gasteiger partial charge < -0.3 is 19.5 Å². The Morgan fingerprint density at radius 2 is 1.96 bits per heavy atom. The van der Waals surface area contributed by atoms with Gasteiger partial charge in [0.1, 0.15) is 13.2 Å². The summed E-state index contributed by atoms with van der Waals surface area (Å²) >= 11 is 0. The second-order valence-corrected chi connectivity index (χ2v) is 6.47. The number of carbonyl (C=O) groups is 2. The lowest BCUT2D eigenvalue weighted by Crippen LogP contribution is -2.29. The fourth-order valence-corrected chi connectivity index (χ4v) is 2.81. The van der Waals surface area contributed by atoms with Crippen molar-refractivity contribution in [2.24, 2.45) is 7.05 Å². The summed E-state index contributed by atoms with van der Waals surface area (Å²) in [6, 6.07) is 5.10. The monoisotopic (exact) mass is 385 g/mol. The molecule has 1 aliphatic rings. The average Bonchev–Trinajstić information content (AvgIpc) is 2.91. The minimum atomic E-state index is -0.957. The number of esters is 1. The molecule has 0 bridgehead atoms. The van der Waals surface area contributed by atoms with Crippen LogP contribution < -0.4 is 14.8 Å². The third-order valence-electron chi connectivity index (χ3n) is 4.42. The molecule has 0 saturated carbocycles. The van der Waals surface area contributed by atoms with Crippen molar-refractivity contribution in [2.45, 2.75) is 26.9 Å². The predicted molar refractivity (Wildman–Crippen MR) is 103 cm³/mol. The summed E-state index contributed by atoms with van der Waals surface area (Å²) < 4.78 is 17.9. The number of rotatable bonds is 5. The summed E-state index contributed by atoms with van der Waals surface area (Å²) in [7, 11) is 1.84. The molecule has 1 atom stereocenters. The molecule has 1 amide bonds. The maximum Gasteiger partial charge on any atom is 0.331 e. The molecule has 8 heteroatoms. The van der Waals surface area contributed by atoms with E-state index in [4.69, 9.17) is 14.2 Å². The van der Waals surface area contributed by atoms with Crippen molar-refractivity contribution in [2.75, 3.05) is 18.5 Å². The lowest BCUT2D eigenvalue weighted by molar-refractivity contribution is -0.148. The van der Waals surface area contributed by atoms with Crippen LogP contribution in [0, 0.1) is 13.8 Å². The Kier molecular flexibility index (Phi) is 5.67. The number of nitrogens with one attached hydrogen (secondary N) is 1. The zero-order valence-electron chi connectivity index (χ0n) is 16.3. The van der Waals surface area contributed by atoms with Crippen LogP contribution in [0.2, 0.25) is 0 Å². The van der Waals surface area contributed by atoms with Crippen LogP contribution in [0.4, 0.5) is 5.69 Å². The van der Waals surface area contributed by atoms with Crippen LogP contribution in [0.15, 0.2) is 24.3 Å². The highest BCUT2D eigenvalue weighted by molar-refractivity contribution is 5.96. The average molecular weight is 385 g/mol. The van der Waals surface area contributed by atoms with Crippen molar-refractivity contribution < 1.29 is 23.8 Å². The van der Waals surface area contributed by atoms with E-state index in [0.29, 0.717) is 30.4 Å². The number of hydrogen-bond donors (Lipinski definition) is 1. The summed E-state index contributed by atoms with van der Waals surface area (Å²) in [6.45, 7) is 6.24. The Bertz CT molecular complexity index is 932. The number of aryl methyl sites for hydroxylation is 2. The Balaban J connectivity index is 1.57. The molecule has 3 rings (SSSR count). The number of amides is 1. The molecule has 148 valence electrons. The molecule has 8 nitrogen and oxygen atoms in total. The molecule has 1 N–H and O–H groups in total. The summed E-state index contributed by atoms with van der Waals surface area (Å²) in [6.07, 6.45) is 1.98. The number of benzene rings is 1. The van der Waals surface area contributed by atoms with Gasteiger partial charge in [-0.25, -0.2) is 4.79 Å². The van der Waals surface area contributed by atoms with E-state index < -0.39 is 18.0 Å². The Labute approximate surface area is 163 Å². The molecule has 0 unspecified atom stereocenters. The number of hydrogen-bond acceptors (Lipinski definition) is 6. The number of fused-ring (bicyclic) bond motifs is 1. The molecule has 1 aliphatic heterocycles. The smallest absolute Gasteiger partial charge is 0.331 e. The van der Waals surface area contributed by atoms with Gasteiger partial charge in [0.15, 0.2) is 17.6 Å². The van der Waals surface area contributed by atoms with E-state index >= 15 is 0 Å². The van der Waals surface area contributed by atoms with Gasteiger partial charge in [0.2, 0.25) is 0 Å². The molecule has 0 radical (unpaired) electrons. The first-order valence-electron chi connectivity index (χ1n) is 8.94. The molecule has 0 fully saturated rings. The maximum absolute atomic E-state index is 12.3. The van der Waals surface area contributed by atoms with Crippen molar-refractivity contribution in [3.05, 3.63) is 41.2 Å². The fourth-order valence-electron chi connectivity index (χ4n) is 2.81. The summed E-state index contributed by atoms with van der Waals surface area (Å²) in [5.74, 6) is 0.160. The predicted octanol–water partition coefficient (Wildman–Crippen LogP) is 2.39. The van der Waals surface area contributed by atoms with Crippen LogP contribution >= 0.6 is 0 Å². The van der Waals surface area contributed by atoms with Crippen molar-refractivity contribution in [1.29, 1.82) is 0 Å². The fraction of sp³-hybridized carbons (Fsp3) is 0.350. The van der Waals surface area contributed by atoms with Crippen LogP contribution in [0.25, 0.3) is 6.08 Å². The normalized spacial score (nSPS) is 14.0. The van der Waals surface area contributed by atoms with Crippen molar-refractivity contribution in [3.8, 4) is 11.5 Å². The quantitative estimate of drug-likeness (QED) is 0.628. The number of nitrogens with zero attached hydrogens (tertiary/aromatic N) is 2. The molecule has 2 aromatic rings. The van der Waals surface area contributed by atoms with Crippen LogP contribution in [0.1, 0.15) is 23.9 Å². The minimum absolute atomic E-state index is 0.438. The maximum atomic E-state index is 12.3. The highest BCUT2D eigenvalue weighted by atomic mass is 16.6. The number of anilines is 1. The van der Waals surface area contributed by atoms with Crippen molar-refractivity contribution >= 4 is 23.6 Å². The van der Waals surface area contributed by atoms with Gasteiger partial charge in [-0.1, -0.05) is 0 Å². The van der Waals surface area contributed by atoms with E-state index in [9.17, 15) is 9.59 Å².